The predicted molar refractivity (Wildman–Crippen MR) is 96.2 cm³/mol. The number of H-pyrrole nitrogens is 1. The summed E-state index contributed by atoms with van der Waals surface area (Å²) in [5.41, 5.74) is 2.13. The minimum atomic E-state index is -0.0155. The van der Waals surface area contributed by atoms with Gasteiger partial charge in [0.25, 0.3) is 5.56 Å². The molecule has 112 valence electrons. The van der Waals surface area contributed by atoms with Crippen molar-refractivity contribution in [1.82, 2.24) is 9.55 Å². The zero-order valence-electron chi connectivity index (χ0n) is 12.4. The molecule has 2 heterocycles. The zero-order valence-corrected chi connectivity index (χ0v) is 14.1. The highest BCUT2D eigenvalue weighted by Gasteiger charge is 2.11. The molecule has 0 aliphatic rings. The number of thiophene rings is 1. The third-order valence-corrected chi connectivity index (χ3v) is 5.15. The van der Waals surface area contributed by atoms with Gasteiger partial charge in [0.2, 0.25) is 0 Å². The van der Waals surface area contributed by atoms with Crippen molar-refractivity contribution in [2.24, 2.45) is 0 Å². The van der Waals surface area contributed by atoms with Crippen LogP contribution in [0.15, 0.2) is 41.2 Å². The third-order valence-electron chi connectivity index (χ3n) is 3.71. The number of nitrogens with zero attached hydrogens (tertiary/aromatic N) is 1. The Hall–Kier alpha value is -1.98. The molecule has 3 rings (SSSR count). The van der Waals surface area contributed by atoms with Gasteiger partial charge in [-0.3, -0.25) is 9.36 Å². The third kappa shape index (κ3) is 2.69. The molecule has 0 saturated carbocycles. The van der Waals surface area contributed by atoms with Crippen molar-refractivity contribution < 1.29 is 0 Å². The van der Waals surface area contributed by atoms with Crippen molar-refractivity contribution >= 4 is 39.8 Å². The second kappa shape index (κ2) is 6.02. The zero-order chi connectivity index (χ0) is 15.7. The maximum Gasteiger partial charge on any atom is 0.263 e. The molecule has 0 saturated heterocycles. The largest absolute Gasteiger partial charge is 0.323 e. The first-order chi connectivity index (χ1) is 10.6. The molecule has 2 aromatic heterocycles. The van der Waals surface area contributed by atoms with Gasteiger partial charge in [0.15, 0.2) is 4.77 Å². The Morgan fingerprint density at radius 2 is 2.00 bits per heavy atom. The fourth-order valence-corrected chi connectivity index (χ4v) is 3.76. The molecule has 0 spiro atoms. The average molecular weight is 328 g/mol. The van der Waals surface area contributed by atoms with Crippen molar-refractivity contribution in [1.29, 1.82) is 0 Å². The second-order valence-corrected chi connectivity index (χ2v) is 6.76. The summed E-state index contributed by atoms with van der Waals surface area (Å²) in [5.74, 6) is 0. The van der Waals surface area contributed by atoms with E-state index in [9.17, 15) is 4.79 Å². The predicted octanol–water partition coefficient (Wildman–Crippen LogP) is 4.45. The van der Waals surface area contributed by atoms with Crippen molar-refractivity contribution in [2.75, 3.05) is 0 Å². The lowest BCUT2D eigenvalue weighted by molar-refractivity contribution is 0.754. The van der Waals surface area contributed by atoms with E-state index in [0.29, 0.717) is 11.3 Å². The highest BCUT2D eigenvalue weighted by Crippen LogP contribution is 2.25. The van der Waals surface area contributed by atoms with E-state index in [1.54, 1.807) is 15.9 Å². The topological polar surface area (TPSA) is 37.8 Å². The van der Waals surface area contributed by atoms with Crippen LogP contribution in [0.5, 0.6) is 0 Å². The molecule has 5 heteroatoms. The molecule has 1 aromatic carbocycles. The molecule has 22 heavy (non-hydrogen) atoms. The van der Waals surface area contributed by atoms with E-state index in [0.717, 1.165) is 26.2 Å². The Labute approximate surface area is 137 Å². The van der Waals surface area contributed by atoms with Gasteiger partial charge in [-0.05, 0) is 37.2 Å². The summed E-state index contributed by atoms with van der Waals surface area (Å²) in [7, 11) is 0. The normalized spacial score (nSPS) is 11.5. The molecule has 3 nitrogen and oxygen atoms in total. The van der Waals surface area contributed by atoms with Crippen LogP contribution in [0.1, 0.15) is 16.0 Å². The second-order valence-electron chi connectivity index (χ2n) is 5.15. The number of nitrogens with one attached hydrogen (secondary N) is 1. The molecule has 0 bridgehead atoms. The Morgan fingerprint density at radius 3 is 2.73 bits per heavy atom. The molecule has 0 aliphatic carbocycles. The SMILES string of the molecule is Cc1sc2[nH]c(=S)n(CC=Cc3ccccc3)c(=O)c2c1C. The fraction of sp³-hybridized carbons (Fsp3) is 0.176. The smallest absolute Gasteiger partial charge is 0.263 e. The summed E-state index contributed by atoms with van der Waals surface area (Å²) in [6.07, 6.45) is 3.96. The van der Waals surface area contributed by atoms with E-state index in [2.05, 4.69) is 4.98 Å². The van der Waals surface area contributed by atoms with E-state index >= 15 is 0 Å². The van der Waals surface area contributed by atoms with Crippen LogP contribution in [-0.4, -0.2) is 9.55 Å². The number of aryl methyl sites for hydroxylation is 2. The van der Waals surface area contributed by atoms with Gasteiger partial charge < -0.3 is 4.98 Å². The number of allylic oxidation sites excluding steroid dienone is 1. The van der Waals surface area contributed by atoms with Gasteiger partial charge in [-0.25, -0.2) is 0 Å². The van der Waals surface area contributed by atoms with Gasteiger partial charge in [-0.15, -0.1) is 11.3 Å². The van der Waals surface area contributed by atoms with Gasteiger partial charge in [-0.2, -0.15) is 0 Å². The summed E-state index contributed by atoms with van der Waals surface area (Å²) in [4.78, 5) is 17.9. The van der Waals surface area contributed by atoms with Crippen LogP contribution >= 0.6 is 23.6 Å². The van der Waals surface area contributed by atoms with Gasteiger partial charge in [0.05, 0.1) is 5.39 Å². The first-order valence-corrected chi connectivity index (χ1v) is 8.25. The molecule has 3 aromatic rings. The summed E-state index contributed by atoms with van der Waals surface area (Å²) < 4.78 is 2.08. The monoisotopic (exact) mass is 328 g/mol. The maximum absolute atomic E-state index is 12.7. The van der Waals surface area contributed by atoms with Crippen molar-refractivity contribution in [3.8, 4) is 0 Å². The average Bonchev–Trinajstić information content (AvgIpc) is 2.78. The molecular formula is C17H16N2OS2. The number of aromatic amines is 1. The van der Waals surface area contributed by atoms with Crippen molar-refractivity contribution in [3.63, 3.8) is 0 Å². The van der Waals surface area contributed by atoms with Gasteiger partial charge in [-0.1, -0.05) is 42.5 Å². The van der Waals surface area contributed by atoms with E-state index in [1.807, 2.05) is 56.3 Å². The van der Waals surface area contributed by atoms with Crippen molar-refractivity contribution in [3.05, 3.63) is 67.5 Å². The van der Waals surface area contributed by atoms with Gasteiger partial charge >= 0.3 is 0 Å². The molecule has 0 atom stereocenters. The van der Waals surface area contributed by atoms with E-state index < -0.39 is 0 Å². The lowest BCUT2D eigenvalue weighted by Gasteiger charge is -2.03. The Bertz CT molecular complexity index is 962. The van der Waals surface area contributed by atoms with Crippen LogP contribution in [0.3, 0.4) is 0 Å². The summed E-state index contributed by atoms with van der Waals surface area (Å²) >= 11 is 6.91. The number of fused-ring (bicyclic) bond motifs is 1. The first-order valence-electron chi connectivity index (χ1n) is 7.02. The van der Waals surface area contributed by atoms with E-state index in [-0.39, 0.29) is 5.56 Å². The standard InChI is InChI=1S/C17H16N2OS2/c1-11-12(2)22-15-14(11)16(20)19(17(21)18-15)10-6-9-13-7-4-3-5-8-13/h3-9H,10H2,1-2H3,(H,18,21). The molecule has 0 aliphatic heterocycles. The number of benzene rings is 1. The number of hydrogen-bond acceptors (Lipinski definition) is 3. The minimum Gasteiger partial charge on any atom is -0.323 e. The van der Waals surface area contributed by atoms with Gasteiger partial charge in [0.1, 0.15) is 4.83 Å². The summed E-state index contributed by atoms with van der Waals surface area (Å²) in [6.45, 7) is 4.47. The number of rotatable bonds is 3. The molecule has 0 fully saturated rings. The highest BCUT2D eigenvalue weighted by atomic mass is 32.1. The van der Waals surface area contributed by atoms with Gasteiger partial charge in [0, 0.05) is 11.4 Å². The first kappa shape index (κ1) is 14.9. The van der Waals surface area contributed by atoms with Crippen LogP contribution in [0.2, 0.25) is 0 Å². The molecular weight excluding hydrogens is 312 g/mol. The quantitative estimate of drug-likeness (QED) is 0.721. The Kier molecular flexibility index (Phi) is 4.09. The Balaban J connectivity index is 2.01. The lowest BCUT2D eigenvalue weighted by Crippen LogP contribution is -2.21. The lowest BCUT2D eigenvalue weighted by atomic mass is 10.2. The van der Waals surface area contributed by atoms with E-state index in [4.69, 9.17) is 12.2 Å². The van der Waals surface area contributed by atoms with E-state index in [1.165, 1.54) is 0 Å². The number of hydrogen-bond donors (Lipinski definition) is 1. The number of aromatic nitrogens is 2. The van der Waals surface area contributed by atoms with Crippen LogP contribution in [0.4, 0.5) is 0 Å². The highest BCUT2D eigenvalue weighted by molar-refractivity contribution is 7.71. The minimum absolute atomic E-state index is 0.0155. The maximum atomic E-state index is 12.7. The van der Waals surface area contributed by atoms with Crippen molar-refractivity contribution in [2.45, 2.75) is 20.4 Å². The summed E-state index contributed by atoms with van der Waals surface area (Å²) in [5, 5.41) is 0.754. The molecule has 0 amide bonds. The molecule has 0 radical (unpaired) electrons. The fourth-order valence-electron chi connectivity index (χ4n) is 2.39. The Morgan fingerprint density at radius 1 is 1.27 bits per heavy atom. The van der Waals surface area contributed by atoms with Crippen LogP contribution in [0, 0.1) is 18.6 Å². The summed E-state index contributed by atoms with van der Waals surface area (Å²) in [6, 6.07) is 10.0. The van der Waals surface area contributed by atoms with Crippen LogP contribution in [-0.2, 0) is 6.54 Å². The van der Waals surface area contributed by atoms with Crippen LogP contribution < -0.4 is 5.56 Å². The van der Waals surface area contributed by atoms with Crippen LogP contribution in [0.25, 0.3) is 16.3 Å². The molecule has 1 N–H and O–H groups in total. The molecule has 0 unspecified atom stereocenters.